The first-order valence-corrected chi connectivity index (χ1v) is 11.3. The number of nitrogens with zero attached hydrogens (tertiary/aromatic N) is 2. The molecule has 0 aliphatic carbocycles. The van der Waals surface area contributed by atoms with E-state index in [4.69, 9.17) is 28.3 Å². The standard InChI is InChI=1S/C25H16Cl2N2OS/c26-19-11-10-17(21(27)13-19)14-29-15-18(24(28-29)16-6-2-1-3-7-16)12-23-25(30)20-8-4-5-9-22(20)31-23/h1-13,15H,14H2/b23-12-. The maximum atomic E-state index is 12.9. The Morgan fingerprint density at radius 2 is 1.74 bits per heavy atom. The molecule has 0 N–H and O–H groups in total. The topological polar surface area (TPSA) is 34.9 Å². The van der Waals surface area contributed by atoms with Crippen molar-refractivity contribution >= 4 is 46.8 Å². The molecular formula is C25H16Cl2N2OS. The van der Waals surface area contributed by atoms with Crippen molar-refractivity contribution in [2.24, 2.45) is 0 Å². The number of hydrogen-bond donors (Lipinski definition) is 0. The van der Waals surface area contributed by atoms with Gasteiger partial charge >= 0.3 is 0 Å². The van der Waals surface area contributed by atoms with Gasteiger partial charge in [-0.1, -0.05) is 83.5 Å². The van der Waals surface area contributed by atoms with Gasteiger partial charge in [0.2, 0.25) is 5.78 Å². The average Bonchev–Trinajstić information content (AvgIpc) is 3.32. The molecule has 0 fully saturated rings. The average molecular weight is 463 g/mol. The van der Waals surface area contributed by atoms with Gasteiger partial charge in [-0.05, 0) is 35.9 Å². The molecule has 4 aromatic rings. The van der Waals surface area contributed by atoms with E-state index in [1.807, 2.05) is 83.7 Å². The lowest BCUT2D eigenvalue weighted by atomic mass is 10.1. The Morgan fingerprint density at radius 1 is 0.968 bits per heavy atom. The van der Waals surface area contributed by atoms with Crippen molar-refractivity contribution in [2.75, 3.05) is 0 Å². The van der Waals surface area contributed by atoms with Crippen molar-refractivity contribution < 1.29 is 4.79 Å². The lowest BCUT2D eigenvalue weighted by molar-refractivity contribution is 0.104. The predicted octanol–water partition coefficient (Wildman–Crippen LogP) is 7.23. The third kappa shape index (κ3) is 4.07. The van der Waals surface area contributed by atoms with Gasteiger partial charge in [0.25, 0.3) is 0 Å². The molecule has 0 atom stereocenters. The van der Waals surface area contributed by atoms with E-state index < -0.39 is 0 Å². The Kier molecular flexibility index (Phi) is 5.45. The van der Waals surface area contributed by atoms with Crippen molar-refractivity contribution in [3.8, 4) is 11.3 Å². The molecule has 1 aliphatic rings. The molecule has 0 bridgehead atoms. The molecule has 0 saturated carbocycles. The Balaban J connectivity index is 1.56. The number of rotatable bonds is 4. The van der Waals surface area contributed by atoms with E-state index in [1.165, 1.54) is 11.8 Å². The fourth-order valence-electron chi connectivity index (χ4n) is 3.55. The van der Waals surface area contributed by atoms with Crippen LogP contribution in [0.1, 0.15) is 21.5 Å². The van der Waals surface area contributed by atoms with E-state index in [-0.39, 0.29) is 5.78 Å². The third-order valence-corrected chi connectivity index (χ3v) is 6.73. The maximum Gasteiger partial charge on any atom is 0.200 e. The van der Waals surface area contributed by atoms with Crippen LogP contribution in [-0.2, 0) is 6.54 Å². The second-order valence-electron chi connectivity index (χ2n) is 7.17. The Bertz CT molecular complexity index is 1330. The number of ketones is 1. The summed E-state index contributed by atoms with van der Waals surface area (Å²) in [6.07, 6.45) is 3.89. The van der Waals surface area contributed by atoms with Gasteiger partial charge in [-0.2, -0.15) is 5.10 Å². The van der Waals surface area contributed by atoms with Crippen LogP contribution in [0.5, 0.6) is 0 Å². The van der Waals surface area contributed by atoms with Crippen molar-refractivity contribution in [1.29, 1.82) is 0 Å². The number of benzene rings is 3. The lowest BCUT2D eigenvalue weighted by Crippen LogP contribution is -2.01. The zero-order valence-electron chi connectivity index (χ0n) is 16.3. The zero-order chi connectivity index (χ0) is 21.4. The van der Waals surface area contributed by atoms with Crippen LogP contribution in [0.15, 0.2) is 88.8 Å². The highest BCUT2D eigenvalue weighted by Gasteiger charge is 2.26. The number of hydrogen-bond acceptors (Lipinski definition) is 3. The predicted molar refractivity (Wildman–Crippen MR) is 128 cm³/mol. The molecule has 0 saturated heterocycles. The summed E-state index contributed by atoms with van der Waals surface area (Å²) < 4.78 is 1.85. The number of fused-ring (bicyclic) bond motifs is 1. The monoisotopic (exact) mass is 462 g/mol. The number of halogens is 2. The summed E-state index contributed by atoms with van der Waals surface area (Å²) in [7, 11) is 0. The minimum Gasteiger partial charge on any atom is -0.288 e. The molecule has 0 unspecified atom stereocenters. The largest absolute Gasteiger partial charge is 0.288 e. The molecule has 3 aromatic carbocycles. The first-order valence-electron chi connectivity index (χ1n) is 9.68. The van der Waals surface area contributed by atoms with E-state index in [0.717, 1.165) is 32.8 Å². The van der Waals surface area contributed by atoms with Crippen molar-refractivity contribution in [3.05, 3.63) is 111 Å². The Labute approximate surface area is 194 Å². The maximum absolute atomic E-state index is 12.9. The van der Waals surface area contributed by atoms with Crippen LogP contribution in [0.4, 0.5) is 0 Å². The van der Waals surface area contributed by atoms with Gasteiger partial charge in [0.05, 0.1) is 17.1 Å². The molecule has 0 spiro atoms. The molecule has 0 radical (unpaired) electrons. The van der Waals surface area contributed by atoms with E-state index in [1.54, 1.807) is 6.07 Å². The molecule has 5 rings (SSSR count). The van der Waals surface area contributed by atoms with Crippen LogP contribution < -0.4 is 0 Å². The Morgan fingerprint density at radius 3 is 2.52 bits per heavy atom. The van der Waals surface area contributed by atoms with Gasteiger partial charge in [0.1, 0.15) is 0 Å². The van der Waals surface area contributed by atoms with E-state index >= 15 is 0 Å². The molecule has 31 heavy (non-hydrogen) atoms. The molecular weight excluding hydrogens is 447 g/mol. The third-order valence-electron chi connectivity index (χ3n) is 5.05. The van der Waals surface area contributed by atoms with E-state index in [0.29, 0.717) is 21.5 Å². The SMILES string of the molecule is O=C1/C(=C/c2cn(Cc3ccc(Cl)cc3Cl)nc2-c2ccccc2)Sc2ccccc21. The summed E-state index contributed by atoms with van der Waals surface area (Å²) in [5.41, 5.74) is 4.37. The zero-order valence-corrected chi connectivity index (χ0v) is 18.6. The number of Topliss-reactive ketones (excluding diaryl/α,β-unsaturated/α-hetero) is 1. The smallest absolute Gasteiger partial charge is 0.200 e. The van der Waals surface area contributed by atoms with Gasteiger partial charge in [0.15, 0.2) is 0 Å². The van der Waals surface area contributed by atoms with Crippen LogP contribution in [0.25, 0.3) is 17.3 Å². The molecule has 1 aliphatic heterocycles. The van der Waals surface area contributed by atoms with Crippen molar-refractivity contribution in [2.45, 2.75) is 11.4 Å². The summed E-state index contributed by atoms with van der Waals surface area (Å²) >= 11 is 13.9. The molecule has 0 amide bonds. The second kappa shape index (κ2) is 8.39. The molecule has 2 heterocycles. The van der Waals surface area contributed by atoms with Gasteiger partial charge in [-0.3, -0.25) is 9.48 Å². The summed E-state index contributed by atoms with van der Waals surface area (Å²) in [6, 6.07) is 23.1. The number of thioether (sulfide) groups is 1. The highest BCUT2D eigenvalue weighted by atomic mass is 35.5. The van der Waals surface area contributed by atoms with Gasteiger partial charge in [-0.25, -0.2) is 0 Å². The first kappa shape index (κ1) is 20.1. The fraction of sp³-hybridized carbons (Fsp3) is 0.0400. The van der Waals surface area contributed by atoms with Crippen molar-refractivity contribution in [1.82, 2.24) is 9.78 Å². The van der Waals surface area contributed by atoms with Gasteiger partial charge in [0, 0.05) is 37.8 Å². The van der Waals surface area contributed by atoms with E-state index in [2.05, 4.69) is 0 Å². The number of allylic oxidation sites excluding steroid dienone is 1. The summed E-state index contributed by atoms with van der Waals surface area (Å²) in [4.78, 5) is 14.6. The van der Waals surface area contributed by atoms with Crippen molar-refractivity contribution in [3.63, 3.8) is 0 Å². The Hall–Kier alpha value is -2.79. The van der Waals surface area contributed by atoms with Crippen LogP contribution in [-0.4, -0.2) is 15.6 Å². The highest BCUT2D eigenvalue weighted by Crippen LogP contribution is 2.41. The van der Waals surface area contributed by atoms with Crippen LogP contribution in [0.3, 0.4) is 0 Å². The van der Waals surface area contributed by atoms with Crippen LogP contribution in [0, 0.1) is 0 Å². The second-order valence-corrected chi connectivity index (χ2v) is 9.10. The van der Waals surface area contributed by atoms with Crippen LogP contribution >= 0.6 is 35.0 Å². The number of aromatic nitrogens is 2. The van der Waals surface area contributed by atoms with Gasteiger partial charge in [-0.15, -0.1) is 0 Å². The molecule has 152 valence electrons. The van der Waals surface area contributed by atoms with E-state index in [9.17, 15) is 4.79 Å². The highest BCUT2D eigenvalue weighted by molar-refractivity contribution is 8.04. The number of carbonyl (C=O) groups is 1. The van der Waals surface area contributed by atoms with Crippen LogP contribution in [0.2, 0.25) is 10.0 Å². The molecule has 1 aromatic heterocycles. The first-order chi connectivity index (χ1) is 15.1. The minimum absolute atomic E-state index is 0.0492. The lowest BCUT2D eigenvalue weighted by Gasteiger charge is -2.05. The minimum atomic E-state index is 0.0492. The summed E-state index contributed by atoms with van der Waals surface area (Å²) in [5, 5.41) is 6.01. The quantitative estimate of drug-likeness (QED) is 0.300. The fourth-order valence-corrected chi connectivity index (χ4v) is 5.06. The summed E-state index contributed by atoms with van der Waals surface area (Å²) in [5.74, 6) is 0.0492. The normalized spacial score (nSPS) is 14.3. The molecule has 6 heteroatoms. The van der Waals surface area contributed by atoms with Gasteiger partial charge < -0.3 is 0 Å². The molecule has 3 nitrogen and oxygen atoms in total. The summed E-state index contributed by atoms with van der Waals surface area (Å²) in [6.45, 7) is 0.500. The number of carbonyl (C=O) groups excluding carboxylic acids is 1.